The zero-order valence-electron chi connectivity index (χ0n) is 19.6. The van der Waals surface area contributed by atoms with E-state index in [0.717, 1.165) is 62.1 Å². The molecular weight excluding hydrogens is 433 g/mol. The summed E-state index contributed by atoms with van der Waals surface area (Å²) in [6.45, 7) is 6.85. The van der Waals surface area contributed by atoms with Crippen molar-refractivity contribution >= 4 is 22.7 Å². The molecule has 3 aliphatic rings. The highest BCUT2D eigenvalue weighted by Gasteiger charge is 2.38. The first kappa shape index (κ1) is 22.7. The van der Waals surface area contributed by atoms with E-state index >= 15 is 0 Å². The Labute approximate surface area is 199 Å². The number of aromatic nitrogens is 1. The molecule has 1 fully saturated rings. The lowest BCUT2D eigenvalue weighted by Gasteiger charge is -2.29. The van der Waals surface area contributed by atoms with Crippen molar-refractivity contribution < 1.29 is 19.0 Å². The number of ether oxygens (including phenoxy) is 1. The van der Waals surface area contributed by atoms with E-state index in [9.17, 15) is 14.3 Å². The number of hydrogen-bond donors (Lipinski definition) is 2. The van der Waals surface area contributed by atoms with Crippen LogP contribution in [0.4, 0.5) is 10.1 Å². The Hall–Kier alpha value is -3.03. The molecule has 1 amide bonds. The fraction of sp³-hybridized carbons (Fsp3) is 0.407. The number of aliphatic hydroxyl groups is 1. The third-order valence-electron chi connectivity index (χ3n) is 6.86. The highest BCUT2D eigenvalue weighted by atomic mass is 19.1. The van der Waals surface area contributed by atoms with Crippen molar-refractivity contribution in [2.45, 2.75) is 51.2 Å². The number of halogens is 1. The number of anilines is 1. The molecule has 4 heterocycles. The number of carbonyl (C=O) groups is 1. The van der Waals surface area contributed by atoms with Crippen LogP contribution >= 0.6 is 0 Å². The van der Waals surface area contributed by atoms with E-state index in [1.807, 2.05) is 38.3 Å². The van der Waals surface area contributed by atoms with Gasteiger partial charge < -0.3 is 20.1 Å². The molecule has 0 saturated carbocycles. The maximum atomic E-state index is 13.9. The van der Waals surface area contributed by atoms with Gasteiger partial charge in [0.1, 0.15) is 17.2 Å². The molecule has 0 atom stereocenters. The van der Waals surface area contributed by atoms with Gasteiger partial charge in [-0.3, -0.25) is 9.78 Å². The van der Waals surface area contributed by atoms with Crippen LogP contribution in [-0.2, 0) is 16.0 Å². The lowest BCUT2D eigenvalue weighted by atomic mass is 9.93. The number of hydrogen-bond acceptors (Lipinski definition) is 5. The molecular formula is C27H30FN3O3. The number of aliphatic hydroxyl groups excluding tert-OH is 1. The predicted octanol–water partition coefficient (Wildman–Crippen LogP) is 4.17. The van der Waals surface area contributed by atoms with Crippen molar-refractivity contribution in [1.29, 1.82) is 0 Å². The summed E-state index contributed by atoms with van der Waals surface area (Å²) in [5.74, 6) is -0.245. The summed E-state index contributed by atoms with van der Waals surface area (Å²) in [4.78, 5) is 19.7. The maximum Gasteiger partial charge on any atom is 0.260 e. The van der Waals surface area contributed by atoms with Crippen LogP contribution in [0.3, 0.4) is 0 Å². The fourth-order valence-corrected chi connectivity index (χ4v) is 4.96. The minimum Gasteiger partial charge on any atom is -0.482 e. The number of amides is 1. The first-order valence-corrected chi connectivity index (χ1v) is 11.9. The van der Waals surface area contributed by atoms with Gasteiger partial charge in [-0.15, -0.1) is 0 Å². The van der Waals surface area contributed by atoms with Crippen molar-refractivity contribution in [2.24, 2.45) is 0 Å². The second kappa shape index (κ2) is 8.96. The Morgan fingerprint density at radius 1 is 1.24 bits per heavy atom. The Balaban J connectivity index is 1.32. The van der Waals surface area contributed by atoms with Gasteiger partial charge in [0.2, 0.25) is 0 Å². The van der Waals surface area contributed by atoms with Gasteiger partial charge in [0, 0.05) is 47.4 Å². The molecule has 0 radical (unpaired) electrons. The quantitative estimate of drug-likeness (QED) is 0.652. The van der Waals surface area contributed by atoms with E-state index in [1.165, 1.54) is 12.1 Å². The average Bonchev–Trinajstić information content (AvgIpc) is 3.29. The standard InChI is InChI=1S/C27H30FN3O3/c1-27(2)22(15-24(34-27)25-21-14-18(28)6-8-23(21)30-26(25)33)17-5-7-19(29-16-17)4-3-11-31-12-9-20(32)10-13-31/h5-8,14-16,20,32H,3-4,9-13H2,1-2H3,(H,30,33)/b25-24+. The van der Waals surface area contributed by atoms with Crippen LogP contribution in [-0.4, -0.2) is 52.2 Å². The van der Waals surface area contributed by atoms with Gasteiger partial charge in [-0.25, -0.2) is 4.39 Å². The lowest BCUT2D eigenvalue weighted by molar-refractivity contribution is -0.111. The first-order valence-electron chi connectivity index (χ1n) is 11.9. The third kappa shape index (κ3) is 4.50. The van der Waals surface area contributed by atoms with Crippen LogP contribution in [0.2, 0.25) is 0 Å². The van der Waals surface area contributed by atoms with Crippen LogP contribution in [0.1, 0.15) is 49.9 Å². The lowest BCUT2D eigenvalue weighted by Crippen LogP contribution is -2.36. The summed E-state index contributed by atoms with van der Waals surface area (Å²) in [6, 6.07) is 8.35. The number of nitrogens with one attached hydrogen (secondary N) is 1. The SMILES string of the molecule is CC1(C)O/C(=C2/C(=O)Nc3ccc(F)cc32)C=C1c1ccc(CCCN2CCC(O)CC2)nc1. The normalized spacial score (nSPS) is 22.4. The van der Waals surface area contributed by atoms with Crippen LogP contribution in [0.25, 0.3) is 11.1 Å². The molecule has 2 N–H and O–H groups in total. The number of allylic oxidation sites excluding steroid dienone is 1. The second-order valence-corrected chi connectivity index (χ2v) is 9.77. The van der Waals surface area contributed by atoms with Crippen molar-refractivity contribution in [1.82, 2.24) is 9.88 Å². The summed E-state index contributed by atoms with van der Waals surface area (Å²) in [7, 11) is 0. The first-order chi connectivity index (χ1) is 16.3. The molecule has 1 aromatic carbocycles. The Bertz CT molecular complexity index is 1160. The monoisotopic (exact) mass is 463 g/mol. The zero-order valence-corrected chi connectivity index (χ0v) is 19.6. The molecule has 0 aliphatic carbocycles. The van der Waals surface area contributed by atoms with Gasteiger partial charge in [-0.1, -0.05) is 6.07 Å². The van der Waals surface area contributed by atoms with Crippen LogP contribution in [0.15, 0.2) is 48.4 Å². The fourth-order valence-electron chi connectivity index (χ4n) is 4.96. The molecule has 0 unspecified atom stereocenters. The average molecular weight is 464 g/mol. The highest BCUT2D eigenvalue weighted by Crippen LogP contribution is 2.44. The molecule has 3 aliphatic heterocycles. The minimum atomic E-state index is -0.652. The summed E-state index contributed by atoms with van der Waals surface area (Å²) >= 11 is 0. The zero-order chi connectivity index (χ0) is 23.9. The van der Waals surface area contributed by atoms with Gasteiger partial charge in [-0.05, 0) is 76.4 Å². The van der Waals surface area contributed by atoms with Crippen molar-refractivity contribution in [3.05, 3.63) is 71.0 Å². The third-order valence-corrected chi connectivity index (χ3v) is 6.86. The molecule has 178 valence electrons. The highest BCUT2D eigenvalue weighted by molar-refractivity contribution is 6.32. The molecule has 7 heteroatoms. The summed E-state index contributed by atoms with van der Waals surface area (Å²) in [5.41, 5.74) is 3.71. The Morgan fingerprint density at radius 3 is 2.76 bits per heavy atom. The van der Waals surface area contributed by atoms with E-state index in [4.69, 9.17) is 4.74 Å². The number of fused-ring (bicyclic) bond motifs is 1. The number of carbonyl (C=O) groups excluding carboxylic acids is 1. The maximum absolute atomic E-state index is 13.9. The largest absolute Gasteiger partial charge is 0.482 e. The molecule has 1 aromatic heterocycles. The molecule has 2 aromatic rings. The van der Waals surface area contributed by atoms with Crippen LogP contribution in [0, 0.1) is 5.82 Å². The summed E-state index contributed by atoms with van der Waals surface area (Å²) in [6.07, 6.45) is 7.24. The second-order valence-electron chi connectivity index (χ2n) is 9.77. The number of nitrogens with zero attached hydrogens (tertiary/aromatic N) is 2. The number of piperidine rings is 1. The van der Waals surface area contributed by atoms with Crippen molar-refractivity contribution in [3.63, 3.8) is 0 Å². The van der Waals surface area contributed by atoms with Crippen molar-refractivity contribution in [3.8, 4) is 0 Å². The minimum absolute atomic E-state index is 0.140. The number of likely N-dealkylation sites (tertiary alicyclic amines) is 1. The predicted molar refractivity (Wildman–Crippen MR) is 129 cm³/mol. The van der Waals surface area contributed by atoms with Crippen LogP contribution < -0.4 is 5.32 Å². The van der Waals surface area contributed by atoms with Gasteiger partial charge >= 0.3 is 0 Å². The number of pyridine rings is 1. The topological polar surface area (TPSA) is 74.7 Å². The van der Waals surface area contributed by atoms with E-state index in [0.29, 0.717) is 22.6 Å². The van der Waals surface area contributed by atoms with Gasteiger partial charge in [0.25, 0.3) is 5.91 Å². The van der Waals surface area contributed by atoms with Gasteiger partial charge in [-0.2, -0.15) is 0 Å². The van der Waals surface area contributed by atoms with Gasteiger partial charge in [0.05, 0.1) is 11.7 Å². The van der Waals surface area contributed by atoms with Crippen molar-refractivity contribution in [2.75, 3.05) is 25.0 Å². The van der Waals surface area contributed by atoms with Crippen LogP contribution in [0.5, 0.6) is 0 Å². The molecule has 0 bridgehead atoms. The van der Waals surface area contributed by atoms with Gasteiger partial charge in [0.15, 0.2) is 0 Å². The van der Waals surface area contributed by atoms with E-state index in [1.54, 1.807) is 6.07 Å². The molecule has 6 nitrogen and oxygen atoms in total. The van der Waals surface area contributed by atoms with E-state index in [-0.39, 0.29) is 12.0 Å². The van der Waals surface area contributed by atoms with E-state index in [2.05, 4.69) is 15.2 Å². The number of aryl methyl sites for hydroxylation is 1. The number of rotatable bonds is 5. The number of benzene rings is 1. The Morgan fingerprint density at radius 2 is 2.03 bits per heavy atom. The molecule has 34 heavy (non-hydrogen) atoms. The molecule has 0 spiro atoms. The summed E-state index contributed by atoms with van der Waals surface area (Å²) in [5, 5.41) is 12.4. The molecule has 5 rings (SSSR count). The molecule has 1 saturated heterocycles. The summed E-state index contributed by atoms with van der Waals surface area (Å²) < 4.78 is 20.0. The smallest absolute Gasteiger partial charge is 0.260 e. The Kier molecular flexibility index (Phi) is 6.00. The van der Waals surface area contributed by atoms with E-state index < -0.39 is 11.4 Å².